The van der Waals surface area contributed by atoms with Crippen molar-refractivity contribution in [3.8, 4) is 5.75 Å². The first kappa shape index (κ1) is 10.2. The Balaban J connectivity index is 2.69. The molecule has 0 saturated carbocycles. The normalized spacial score (nSPS) is 9.46. The first-order valence-corrected chi connectivity index (χ1v) is 4.18. The van der Waals surface area contributed by atoms with E-state index in [-0.39, 0.29) is 0 Å². The van der Waals surface area contributed by atoms with Crippen LogP contribution in [-0.4, -0.2) is 17.6 Å². The van der Waals surface area contributed by atoms with Crippen molar-refractivity contribution in [1.82, 2.24) is 4.42 Å². The van der Waals surface area contributed by atoms with Gasteiger partial charge in [0.2, 0.25) is 0 Å². The van der Waals surface area contributed by atoms with Crippen LogP contribution in [0.5, 0.6) is 5.75 Å². The van der Waals surface area contributed by atoms with E-state index in [1.54, 1.807) is 18.2 Å². The van der Waals surface area contributed by atoms with Crippen LogP contribution in [-0.2, 0) is 0 Å². The lowest BCUT2D eigenvalue weighted by atomic mass is 10.3. The van der Waals surface area contributed by atoms with E-state index < -0.39 is 6.09 Å². The highest BCUT2D eigenvalue weighted by atomic mass is 35.5. The van der Waals surface area contributed by atoms with E-state index >= 15 is 0 Å². The Bertz CT molecular complexity index is 315. The Morgan fingerprint density at radius 1 is 1.54 bits per heavy atom. The van der Waals surface area contributed by atoms with Crippen LogP contribution in [0.3, 0.4) is 0 Å². The standard InChI is InChI=1S/C8H7Cl2NO2/c1-11(10)8(12)13-7-4-2-3-6(9)5-7/h2-5H,1H3. The first-order chi connectivity index (χ1) is 6.09. The summed E-state index contributed by atoms with van der Waals surface area (Å²) in [6.07, 6.45) is -0.649. The molecule has 3 nitrogen and oxygen atoms in total. The Morgan fingerprint density at radius 2 is 2.23 bits per heavy atom. The topological polar surface area (TPSA) is 29.5 Å². The molecular formula is C8H7Cl2NO2. The van der Waals surface area contributed by atoms with Crippen molar-refractivity contribution >= 4 is 29.5 Å². The van der Waals surface area contributed by atoms with Crippen LogP contribution >= 0.6 is 23.4 Å². The zero-order valence-electron chi connectivity index (χ0n) is 6.83. The highest BCUT2D eigenvalue weighted by Crippen LogP contribution is 2.17. The van der Waals surface area contributed by atoms with Gasteiger partial charge in [-0.1, -0.05) is 17.7 Å². The zero-order chi connectivity index (χ0) is 9.84. The molecule has 70 valence electrons. The van der Waals surface area contributed by atoms with Gasteiger partial charge in [-0.15, -0.1) is 0 Å². The number of amides is 1. The van der Waals surface area contributed by atoms with Crippen LogP contribution in [0.2, 0.25) is 5.02 Å². The second-order valence-electron chi connectivity index (χ2n) is 2.30. The third-order valence-electron chi connectivity index (χ3n) is 1.25. The molecule has 0 atom stereocenters. The van der Waals surface area contributed by atoms with Gasteiger partial charge in [0.15, 0.2) is 0 Å². The Morgan fingerprint density at radius 3 is 2.77 bits per heavy atom. The average Bonchev–Trinajstić information content (AvgIpc) is 2.04. The van der Waals surface area contributed by atoms with Crippen LogP contribution in [0, 0.1) is 0 Å². The number of rotatable bonds is 1. The molecule has 0 N–H and O–H groups in total. The summed E-state index contributed by atoms with van der Waals surface area (Å²) in [5.41, 5.74) is 0. The number of halogens is 2. The average molecular weight is 220 g/mol. The maximum Gasteiger partial charge on any atom is 0.429 e. The molecule has 0 aliphatic heterocycles. The van der Waals surface area contributed by atoms with E-state index in [9.17, 15) is 4.79 Å². The largest absolute Gasteiger partial charge is 0.429 e. The van der Waals surface area contributed by atoms with Gasteiger partial charge in [0, 0.05) is 23.8 Å². The lowest BCUT2D eigenvalue weighted by Gasteiger charge is -2.07. The summed E-state index contributed by atoms with van der Waals surface area (Å²) in [5, 5.41) is 0.502. The van der Waals surface area contributed by atoms with Gasteiger partial charge in [0.1, 0.15) is 5.75 Å². The fraction of sp³-hybridized carbons (Fsp3) is 0.125. The fourth-order valence-corrected chi connectivity index (χ4v) is 0.909. The molecule has 1 amide bonds. The van der Waals surface area contributed by atoms with Crippen LogP contribution in [0.25, 0.3) is 0 Å². The SMILES string of the molecule is CN(Cl)C(=O)Oc1cccc(Cl)c1. The van der Waals surface area contributed by atoms with Crippen molar-refractivity contribution in [2.24, 2.45) is 0 Å². The van der Waals surface area contributed by atoms with Crippen molar-refractivity contribution in [3.05, 3.63) is 29.3 Å². The van der Waals surface area contributed by atoms with Crippen molar-refractivity contribution < 1.29 is 9.53 Å². The Hall–Kier alpha value is -0.930. The van der Waals surface area contributed by atoms with Crippen LogP contribution < -0.4 is 4.74 Å². The highest BCUT2D eigenvalue weighted by Gasteiger charge is 2.07. The molecule has 0 heterocycles. The molecular weight excluding hydrogens is 213 g/mol. The van der Waals surface area contributed by atoms with Gasteiger partial charge >= 0.3 is 6.09 Å². The number of hydrogen-bond donors (Lipinski definition) is 0. The first-order valence-electron chi connectivity index (χ1n) is 3.46. The maximum absolute atomic E-state index is 11.0. The number of hydrogen-bond acceptors (Lipinski definition) is 2. The molecule has 13 heavy (non-hydrogen) atoms. The quantitative estimate of drug-likeness (QED) is 0.681. The number of benzene rings is 1. The molecule has 0 aliphatic carbocycles. The fourth-order valence-electron chi connectivity index (χ4n) is 0.694. The molecule has 0 saturated heterocycles. The molecule has 1 aromatic carbocycles. The number of carbonyl (C=O) groups is 1. The molecule has 0 bridgehead atoms. The molecule has 0 radical (unpaired) electrons. The number of nitrogens with zero attached hydrogens (tertiary/aromatic N) is 1. The van der Waals surface area contributed by atoms with Gasteiger partial charge in [0.05, 0.1) is 0 Å². The van der Waals surface area contributed by atoms with Crippen molar-refractivity contribution in [3.63, 3.8) is 0 Å². The third kappa shape index (κ3) is 3.13. The molecule has 0 spiro atoms. The summed E-state index contributed by atoms with van der Waals surface area (Å²) >= 11 is 11.0. The van der Waals surface area contributed by atoms with Crippen LogP contribution in [0.4, 0.5) is 4.79 Å². The van der Waals surface area contributed by atoms with Gasteiger partial charge in [-0.2, -0.15) is 0 Å². The number of ether oxygens (including phenoxy) is 1. The van der Waals surface area contributed by atoms with Crippen molar-refractivity contribution in [1.29, 1.82) is 0 Å². The molecule has 0 aliphatic rings. The lowest BCUT2D eigenvalue weighted by molar-refractivity contribution is 0.185. The summed E-state index contributed by atoms with van der Waals surface area (Å²) in [5.74, 6) is 0.366. The molecule has 0 unspecified atom stereocenters. The zero-order valence-corrected chi connectivity index (χ0v) is 8.34. The van der Waals surface area contributed by atoms with E-state index in [2.05, 4.69) is 0 Å². The minimum Gasteiger partial charge on any atom is -0.409 e. The predicted octanol–water partition coefficient (Wildman–Crippen LogP) is 2.92. The second kappa shape index (κ2) is 4.35. The summed E-state index contributed by atoms with van der Waals surface area (Å²) in [6.45, 7) is 0. The van der Waals surface area contributed by atoms with E-state index in [1.165, 1.54) is 13.1 Å². The highest BCUT2D eigenvalue weighted by molar-refractivity contribution is 6.30. The summed E-state index contributed by atoms with van der Waals surface area (Å²) in [6, 6.07) is 6.51. The lowest BCUT2D eigenvalue weighted by Crippen LogP contribution is -2.20. The van der Waals surface area contributed by atoms with Crippen LogP contribution in [0.1, 0.15) is 0 Å². The summed E-state index contributed by atoms with van der Waals surface area (Å²) in [7, 11) is 1.38. The molecule has 1 aromatic rings. The minimum atomic E-state index is -0.649. The molecule has 0 fully saturated rings. The monoisotopic (exact) mass is 219 g/mol. The van der Waals surface area contributed by atoms with Gasteiger partial charge in [0.25, 0.3) is 0 Å². The van der Waals surface area contributed by atoms with E-state index in [0.717, 1.165) is 4.42 Å². The Labute approximate surface area is 85.9 Å². The van der Waals surface area contributed by atoms with E-state index in [4.69, 9.17) is 28.1 Å². The van der Waals surface area contributed by atoms with E-state index in [0.29, 0.717) is 10.8 Å². The summed E-state index contributed by atoms with van der Waals surface area (Å²) < 4.78 is 5.65. The van der Waals surface area contributed by atoms with Crippen LogP contribution in [0.15, 0.2) is 24.3 Å². The third-order valence-corrected chi connectivity index (χ3v) is 1.63. The van der Waals surface area contributed by atoms with Gasteiger partial charge in [-0.25, -0.2) is 9.21 Å². The minimum absolute atomic E-state index is 0.366. The predicted molar refractivity (Wildman–Crippen MR) is 51.1 cm³/mol. The van der Waals surface area contributed by atoms with Crippen molar-refractivity contribution in [2.45, 2.75) is 0 Å². The van der Waals surface area contributed by atoms with Crippen molar-refractivity contribution in [2.75, 3.05) is 7.05 Å². The molecule has 5 heteroatoms. The second-order valence-corrected chi connectivity index (χ2v) is 3.25. The van der Waals surface area contributed by atoms with Gasteiger partial charge in [-0.05, 0) is 18.2 Å². The van der Waals surface area contributed by atoms with Gasteiger partial charge in [-0.3, -0.25) is 0 Å². The Kier molecular flexibility index (Phi) is 3.39. The van der Waals surface area contributed by atoms with Gasteiger partial charge < -0.3 is 4.74 Å². The smallest absolute Gasteiger partial charge is 0.409 e. The summed E-state index contributed by atoms with van der Waals surface area (Å²) in [4.78, 5) is 11.0. The van der Waals surface area contributed by atoms with E-state index in [1.807, 2.05) is 0 Å². The molecule has 1 rings (SSSR count). The molecule has 0 aromatic heterocycles. The maximum atomic E-state index is 11.0. The number of carbonyl (C=O) groups excluding carboxylic acids is 1.